The second kappa shape index (κ2) is 8.42. The summed E-state index contributed by atoms with van der Waals surface area (Å²) in [7, 11) is 3.22. The standard InChI is InChI=1S/C20H25NO4/c1-13(2)25-18-8-6-15(11-19(18)24-5)12-21-20(22)16-7-9-17(23-4)14(3)10-16/h6-11,13H,12H2,1-5H3,(H,21,22). The number of amides is 1. The first kappa shape index (κ1) is 18.6. The fourth-order valence-corrected chi connectivity index (χ4v) is 2.48. The number of ether oxygens (including phenoxy) is 3. The second-order valence-electron chi connectivity index (χ2n) is 6.02. The van der Waals surface area contributed by atoms with Gasteiger partial charge in [-0.2, -0.15) is 0 Å². The van der Waals surface area contributed by atoms with E-state index in [0.29, 0.717) is 23.6 Å². The molecule has 5 nitrogen and oxygen atoms in total. The Hall–Kier alpha value is -2.69. The summed E-state index contributed by atoms with van der Waals surface area (Å²) in [5.41, 5.74) is 2.46. The highest BCUT2D eigenvalue weighted by Gasteiger charge is 2.10. The van der Waals surface area contributed by atoms with Gasteiger partial charge in [0.25, 0.3) is 5.91 Å². The minimum atomic E-state index is -0.132. The summed E-state index contributed by atoms with van der Waals surface area (Å²) in [6, 6.07) is 11.0. The van der Waals surface area contributed by atoms with Crippen molar-refractivity contribution in [2.24, 2.45) is 0 Å². The van der Waals surface area contributed by atoms with Gasteiger partial charge in [-0.05, 0) is 62.2 Å². The van der Waals surface area contributed by atoms with Gasteiger partial charge < -0.3 is 19.5 Å². The highest BCUT2D eigenvalue weighted by Crippen LogP contribution is 2.29. The second-order valence-corrected chi connectivity index (χ2v) is 6.02. The Morgan fingerprint density at radius 2 is 1.68 bits per heavy atom. The minimum Gasteiger partial charge on any atom is -0.496 e. The zero-order valence-electron chi connectivity index (χ0n) is 15.4. The molecule has 25 heavy (non-hydrogen) atoms. The molecule has 0 aliphatic rings. The van der Waals surface area contributed by atoms with Gasteiger partial charge in [-0.15, -0.1) is 0 Å². The predicted molar refractivity (Wildman–Crippen MR) is 97.7 cm³/mol. The molecule has 2 aromatic rings. The third kappa shape index (κ3) is 4.89. The first-order chi connectivity index (χ1) is 11.9. The van der Waals surface area contributed by atoms with Crippen LogP contribution in [0.15, 0.2) is 36.4 Å². The Labute approximate surface area is 148 Å². The van der Waals surface area contributed by atoms with Gasteiger partial charge in [0, 0.05) is 12.1 Å². The molecule has 0 bridgehead atoms. The van der Waals surface area contributed by atoms with Crippen molar-refractivity contribution in [2.45, 2.75) is 33.4 Å². The van der Waals surface area contributed by atoms with Crippen LogP contribution in [0.5, 0.6) is 17.2 Å². The molecular formula is C20H25NO4. The van der Waals surface area contributed by atoms with Gasteiger partial charge in [-0.3, -0.25) is 4.79 Å². The number of hydrogen-bond donors (Lipinski definition) is 1. The van der Waals surface area contributed by atoms with Crippen molar-refractivity contribution < 1.29 is 19.0 Å². The van der Waals surface area contributed by atoms with Crippen molar-refractivity contribution in [3.8, 4) is 17.2 Å². The molecule has 0 radical (unpaired) electrons. The lowest BCUT2D eigenvalue weighted by molar-refractivity contribution is 0.0950. The Bertz CT molecular complexity index is 740. The Morgan fingerprint density at radius 3 is 2.28 bits per heavy atom. The van der Waals surface area contributed by atoms with Gasteiger partial charge in [-0.25, -0.2) is 0 Å². The monoisotopic (exact) mass is 343 g/mol. The van der Waals surface area contributed by atoms with Gasteiger partial charge in [0.05, 0.1) is 20.3 Å². The van der Waals surface area contributed by atoms with Crippen molar-refractivity contribution in [3.05, 3.63) is 53.1 Å². The molecule has 0 saturated carbocycles. The van der Waals surface area contributed by atoms with E-state index in [1.54, 1.807) is 26.4 Å². The summed E-state index contributed by atoms with van der Waals surface area (Å²) in [4.78, 5) is 12.3. The fraction of sp³-hybridized carbons (Fsp3) is 0.350. The van der Waals surface area contributed by atoms with E-state index in [9.17, 15) is 4.79 Å². The maximum Gasteiger partial charge on any atom is 0.251 e. The van der Waals surface area contributed by atoms with Crippen LogP contribution in [-0.2, 0) is 6.54 Å². The number of rotatable bonds is 7. The van der Waals surface area contributed by atoms with Crippen LogP contribution in [0, 0.1) is 6.92 Å². The predicted octanol–water partition coefficient (Wildman–Crippen LogP) is 3.73. The fourth-order valence-electron chi connectivity index (χ4n) is 2.48. The first-order valence-corrected chi connectivity index (χ1v) is 8.21. The highest BCUT2D eigenvalue weighted by molar-refractivity contribution is 5.94. The van der Waals surface area contributed by atoms with E-state index in [2.05, 4.69) is 5.32 Å². The lowest BCUT2D eigenvalue weighted by Gasteiger charge is -2.15. The van der Waals surface area contributed by atoms with Crippen molar-refractivity contribution >= 4 is 5.91 Å². The summed E-state index contributed by atoms with van der Waals surface area (Å²) in [5, 5.41) is 2.92. The van der Waals surface area contributed by atoms with Gasteiger partial charge >= 0.3 is 0 Å². The third-order valence-electron chi connectivity index (χ3n) is 3.70. The van der Waals surface area contributed by atoms with E-state index in [-0.39, 0.29) is 12.0 Å². The van der Waals surface area contributed by atoms with Crippen LogP contribution < -0.4 is 19.5 Å². The molecule has 0 spiro atoms. The van der Waals surface area contributed by atoms with Crippen LogP contribution >= 0.6 is 0 Å². The largest absolute Gasteiger partial charge is 0.496 e. The zero-order valence-corrected chi connectivity index (χ0v) is 15.4. The summed E-state index contributed by atoms with van der Waals surface area (Å²) in [6.45, 7) is 6.24. The lowest BCUT2D eigenvalue weighted by atomic mass is 10.1. The molecule has 0 unspecified atom stereocenters. The van der Waals surface area contributed by atoms with Crippen molar-refractivity contribution in [2.75, 3.05) is 14.2 Å². The molecule has 134 valence electrons. The van der Waals surface area contributed by atoms with Crippen LogP contribution in [0.25, 0.3) is 0 Å². The quantitative estimate of drug-likeness (QED) is 0.832. The average molecular weight is 343 g/mol. The van der Waals surface area contributed by atoms with Crippen molar-refractivity contribution in [1.29, 1.82) is 0 Å². The van der Waals surface area contributed by atoms with E-state index in [0.717, 1.165) is 16.9 Å². The number of nitrogens with one attached hydrogen (secondary N) is 1. The van der Waals surface area contributed by atoms with Gasteiger partial charge in [-0.1, -0.05) is 6.07 Å². The first-order valence-electron chi connectivity index (χ1n) is 8.21. The Morgan fingerprint density at radius 1 is 1.00 bits per heavy atom. The maximum atomic E-state index is 12.3. The molecule has 0 aliphatic carbocycles. The summed E-state index contributed by atoms with van der Waals surface area (Å²) >= 11 is 0. The highest BCUT2D eigenvalue weighted by atomic mass is 16.5. The molecule has 5 heteroatoms. The van der Waals surface area contributed by atoms with Crippen LogP contribution in [0.4, 0.5) is 0 Å². The number of methoxy groups -OCH3 is 2. The van der Waals surface area contributed by atoms with Crippen LogP contribution in [0.1, 0.15) is 35.3 Å². The normalized spacial score (nSPS) is 10.5. The summed E-state index contributed by atoms with van der Waals surface area (Å²) < 4.78 is 16.3. The zero-order chi connectivity index (χ0) is 18.4. The van der Waals surface area contributed by atoms with E-state index < -0.39 is 0 Å². The van der Waals surface area contributed by atoms with Crippen LogP contribution in [0.2, 0.25) is 0 Å². The van der Waals surface area contributed by atoms with E-state index in [4.69, 9.17) is 14.2 Å². The number of carbonyl (C=O) groups excluding carboxylic acids is 1. The molecule has 0 saturated heterocycles. The molecule has 1 N–H and O–H groups in total. The molecule has 2 aromatic carbocycles. The topological polar surface area (TPSA) is 56.8 Å². The number of carbonyl (C=O) groups is 1. The Balaban J connectivity index is 2.05. The van der Waals surface area contributed by atoms with E-state index in [1.165, 1.54) is 0 Å². The van der Waals surface area contributed by atoms with Gasteiger partial charge in [0.15, 0.2) is 11.5 Å². The Kier molecular flexibility index (Phi) is 6.28. The molecule has 2 rings (SSSR count). The van der Waals surface area contributed by atoms with E-state index in [1.807, 2.05) is 45.0 Å². The molecule has 0 heterocycles. The third-order valence-corrected chi connectivity index (χ3v) is 3.70. The molecule has 0 aliphatic heterocycles. The smallest absolute Gasteiger partial charge is 0.251 e. The average Bonchev–Trinajstić information content (AvgIpc) is 2.59. The summed E-state index contributed by atoms with van der Waals surface area (Å²) in [5.74, 6) is 1.98. The number of aryl methyl sites for hydroxylation is 1. The van der Waals surface area contributed by atoms with Crippen molar-refractivity contribution in [3.63, 3.8) is 0 Å². The molecule has 0 atom stereocenters. The summed E-state index contributed by atoms with van der Waals surface area (Å²) in [6.07, 6.45) is 0.0674. The van der Waals surface area contributed by atoms with Gasteiger partial charge in [0.2, 0.25) is 0 Å². The molecule has 1 amide bonds. The van der Waals surface area contributed by atoms with Gasteiger partial charge in [0.1, 0.15) is 5.75 Å². The SMILES string of the molecule is COc1ccc(C(=O)NCc2ccc(OC(C)C)c(OC)c2)cc1C. The van der Waals surface area contributed by atoms with E-state index >= 15 is 0 Å². The maximum absolute atomic E-state index is 12.3. The molecular weight excluding hydrogens is 318 g/mol. The molecule has 0 fully saturated rings. The van der Waals surface area contributed by atoms with Crippen molar-refractivity contribution in [1.82, 2.24) is 5.32 Å². The van der Waals surface area contributed by atoms with Crippen LogP contribution in [-0.4, -0.2) is 26.2 Å². The number of hydrogen-bond acceptors (Lipinski definition) is 4. The minimum absolute atomic E-state index is 0.0674. The van der Waals surface area contributed by atoms with Crippen LogP contribution in [0.3, 0.4) is 0 Å². The number of benzene rings is 2. The lowest BCUT2D eigenvalue weighted by Crippen LogP contribution is -2.22. The molecule has 0 aromatic heterocycles.